The molecule has 1 heterocycles. The topological polar surface area (TPSA) is 75.7 Å². The van der Waals surface area contributed by atoms with Crippen molar-refractivity contribution in [3.63, 3.8) is 0 Å². The number of ether oxygens (including phenoxy) is 1. The smallest absolute Gasteiger partial charge is 0.241 e. The summed E-state index contributed by atoms with van der Waals surface area (Å²) in [5.41, 5.74) is 0. The van der Waals surface area contributed by atoms with Gasteiger partial charge in [-0.3, -0.25) is 4.79 Å². The normalized spacial score (nSPS) is 18.3. The van der Waals surface area contributed by atoms with Gasteiger partial charge in [0.1, 0.15) is 5.75 Å². The van der Waals surface area contributed by atoms with Gasteiger partial charge in [-0.05, 0) is 19.1 Å². The van der Waals surface area contributed by atoms with Gasteiger partial charge in [0.05, 0.1) is 11.5 Å². The predicted octanol–water partition coefficient (Wildman–Crippen LogP) is 1.75. The fraction of sp³-hybridized carbons (Fsp3) is 0.353. The second-order valence-electron chi connectivity index (χ2n) is 5.84. The van der Waals surface area contributed by atoms with Crippen LogP contribution < -0.4 is 9.46 Å². The van der Waals surface area contributed by atoms with E-state index in [4.69, 9.17) is 4.74 Å². The number of nitrogens with zero attached hydrogens (tertiary/aromatic N) is 1. The van der Waals surface area contributed by atoms with Crippen molar-refractivity contribution in [1.82, 2.24) is 9.62 Å². The van der Waals surface area contributed by atoms with Crippen molar-refractivity contribution in [2.75, 3.05) is 20.2 Å². The molecule has 7 heteroatoms. The zero-order valence-corrected chi connectivity index (χ0v) is 14.5. The molecule has 3 rings (SSSR count). The number of amides is 1. The third-order valence-corrected chi connectivity index (χ3v) is 5.67. The molecule has 6 nitrogen and oxygen atoms in total. The lowest BCUT2D eigenvalue weighted by molar-refractivity contribution is -0.126. The van der Waals surface area contributed by atoms with E-state index < -0.39 is 16.1 Å². The van der Waals surface area contributed by atoms with Crippen LogP contribution in [0.15, 0.2) is 41.3 Å². The Morgan fingerprint density at radius 1 is 1.21 bits per heavy atom. The molecule has 1 aliphatic heterocycles. The molecule has 0 bridgehead atoms. The number of sulfonamides is 1. The number of rotatable bonds is 5. The quantitative estimate of drug-likeness (QED) is 0.893. The monoisotopic (exact) mass is 348 g/mol. The van der Waals surface area contributed by atoms with Crippen molar-refractivity contribution in [1.29, 1.82) is 0 Å². The number of benzene rings is 2. The SMILES string of the molecule is CCOc1ccc(S(=O)(=O)NC2CC(=O)N(C)C2)c2ccccc12. The van der Waals surface area contributed by atoms with Gasteiger partial charge in [0.15, 0.2) is 0 Å². The third-order valence-electron chi connectivity index (χ3n) is 4.10. The number of fused-ring (bicyclic) bond motifs is 1. The zero-order valence-electron chi connectivity index (χ0n) is 13.7. The number of carbonyl (C=O) groups excluding carboxylic acids is 1. The first-order valence-electron chi connectivity index (χ1n) is 7.83. The number of nitrogens with one attached hydrogen (secondary N) is 1. The Labute approximate surface area is 141 Å². The van der Waals surface area contributed by atoms with Gasteiger partial charge >= 0.3 is 0 Å². The van der Waals surface area contributed by atoms with Gasteiger partial charge in [-0.15, -0.1) is 0 Å². The summed E-state index contributed by atoms with van der Waals surface area (Å²) in [6, 6.07) is 10.1. The number of carbonyl (C=O) groups is 1. The van der Waals surface area contributed by atoms with Crippen LogP contribution in [0.1, 0.15) is 13.3 Å². The van der Waals surface area contributed by atoms with E-state index in [1.54, 1.807) is 31.3 Å². The fourth-order valence-corrected chi connectivity index (χ4v) is 4.42. The number of likely N-dealkylation sites (N-methyl/N-ethyl adjacent to an activating group) is 1. The Morgan fingerprint density at radius 3 is 2.54 bits per heavy atom. The van der Waals surface area contributed by atoms with Crippen molar-refractivity contribution in [3.05, 3.63) is 36.4 Å². The summed E-state index contributed by atoms with van der Waals surface area (Å²) < 4.78 is 33.8. The van der Waals surface area contributed by atoms with Crippen LogP contribution in [0.3, 0.4) is 0 Å². The molecule has 2 aromatic carbocycles. The summed E-state index contributed by atoms with van der Waals surface area (Å²) in [4.78, 5) is 13.3. The molecule has 1 saturated heterocycles. The first-order chi connectivity index (χ1) is 11.4. The lowest BCUT2D eigenvalue weighted by Crippen LogP contribution is -2.36. The van der Waals surface area contributed by atoms with Crippen LogP contribution in [0.5, 0.6) is 5.75 Å². The van der Waals surface area contributed by atoms with E-state index in [0.717, 1.165) is 5.39 Å². The van der Waals surface area contributed by atoms with Crippen molar-refractivity contribution >= 4 is 26.7 Å². The van der Waals surface area contributed by atoms with E-state index in [9.17, 15) is 13.2 Å². The van der Waals surface area contributed by atoms with Crippen LogP contribution in [-0.4, -0.2) is 45.5 Å². The van der Waals surface area contributed by atoms with E-state index in [2.05, 4.69) is 4.72 Å². The highest BCUT2D eigenvalue weighted by Crippen LogP contribution is 2.31. The van der Waals surface area contributed by atoms with Crippen molar-refractivity contribution in [3.8, 4) is 5.75 Å². The highest BCUT2D eigenvalue weighted by molar-refractivity contribution is 7.89. The molecule has 0 aromatic heterocycles. The summed E-state index contributed by atoms with van der Waals surface area (Å²) in [5, 5.41) is 1.36. The molecule has 1 fully saturated rings. The fourth-order valence-electron chi connectivity index (χ4n) is 2.98. The molecule has 24 heavy (non-hydrogen) atoms. The van der Waals surface area contributed by atoms with Crippen LogP contribution in [0.4, 0.5) is 0 Å². The Bertz CT molecular complexity index is 879. The molecule has 0 radical (unpaired) electrons. The van der Waals surface area contributed by atoms with Crippen LogP contribution in [-0.2, 0) is 14.8 Å². The van der Waals surface area contributed by atoms with Gasteiger partial charge in [-0.1, -0.05) is 24.3 Å². The zero-order chi connectivity index (χ0) is 17.3. The van der Waals surface area contributed by atoms with Crippen molar-refractivity contribution in [2.45, 2.75) is 24.3 Å². The van der Waals surface area contributed by atoms with Gasteiger partial charge in [0, 0.05) is 36.8 Å². The predicted molar refractivity (Wildman–Crippen MR) is 91.5 cm³/mol. The van der Waals surface area contributed by atoms with Gasteiger partial charge in [0.25, 0.3) is 0 Å². The molecule has 128 valence electrons. The Hall–Kier alpha value is -2.12. The summed E-state index contributed by atoms with van der Waals surface area (Å²) in [5.74, 6) is 0.599. The largest absolute Gasteiger partial charge is 0.493 e. The number of likely N-dealkylation sites (tertiary alicyclic amines) is 1. The maximum absolute atomic E-state index is 12.8. The maximum atomic E-state index is 12.8. The van der Waals surface area contributed by atoms with Crippen molar-refractivity contribution < 1.29 is 17.9 Å². The summed E-state index contributed by atoms with van der Waals surface area (Å²) in [6.45, 7) is 2.77. The standard InChI is InChI=1S/C17H20N2O4S/c1-3-23-15-8-9-16(14-7-5-4-6-13(14)15)24(21,22)18-12-10-17(20)19(2)11-12/h4-9,12,18H,3,10-11H2,1-2H3. The first kappa shape index (κ1) is 16.7. The summed E-state index contributed by atoms with van der Waals surface area (Å²) in [7, 11) is -2.06. The third kappa shape index (κ3) is 3.09. The highest BCUT2D eigenvalue weighted by atomic mass is 32.2. The highest BCUT2D eigenvalue weighted by Gasteiger charge is 2.31. The molecule has 1 atom stereocenters. The Balaban J connectivity index is 1.99. The van der Waals surface area contributed by atoms with E-state index >= 15 is 0 Å². The average molecular weight is 348 g/mol. The molecule has 2 aromatic rings. The summed E-state index contributed by atoms with van der Waals surface area (Å²) >= 11 is 0. The van der Waals surface area contributed by atoms with Crippen LogP contribution in [0.25, 0.3) is 10.8 Å². The first-order valence-corrected chi connectivity index (χ1v) is 9.31. The Morgan fingerprint density at radius 2 is 1.92 bits per heavy atom. The molecule has 1 unspecified atom stereocenters. The maximum Gasteiger partial charge on any atom is 0.241 e. The molecule has 0 saturated carbocycles. The molecule has 1 N–H and O–H groups in total. The lowest BCUT2D eigenvalue weighted by Gasteiger charge is -2.15. The minimum Gasteiger partial charge on any atom is -0.493 e. The van der Waals surface area contributed by atoms with Crippen LogP contribution in [0, 0.1) is 0 Å². The van der Waals surface area contributed by atoms with Crippen LogP contribution in [0.2, 0.25) is 0 Å². The van der Waals surface area contributed by atoms with E-state index in [1.165, 1.54) is 4.90 Å². The van der Waals surface area contributed by atoms with Gasteiger partial charge in [-0.25, -0.2) is 13.1 Å². The van der Waals surface area contributed by atoms with Gasteiger partial charge in [0.2, 0.25) is 15.9 Å². The molecular formula is C17H20N2O4S. The second kappa shape index (κ2) is 6.41. The summed E-state index contributed by atoms with van der Waals surface area (Å²) in [6.07, 6.45) is 0.185. The molecule has 1 aliphatic rings. The molecule has 1 amide bonds. The molecule has 0 spiro atoms. The second-order valence-corrected chi connectivity index (χ2v) is 7.52. The van der Waals surface area contributed by atoms with E-state index in [1.807, 2.05) is 19.1 Å². The Kier molecular flexibility index (Phi) is 4.47. The lowest BCUT2D eigenvalue weighted by atomic mass is 10.1. The van der Waals surface area contributed by atoms with E-state index in [-0.39, 0.29) is 17.2 Å². The number of hydrogen-bond donors (Lipinski definition) is 1. The van der Waals surface area contributed by atoms with Gasteiger partial charge < -0.3 is 9.64 Å². The molecular weight excluding hydrogens is 328 g/mol. The van der Waals surface area contributed by atoms with E-state index in [0.29, 0.717) is 24.3 Å². The number of hydrogen-bond acceptors (Lipinski definition) is 4. The van der Waals surface area contributed by atoms with Crippen molar-refractivity contribution in [2.24, 2.45) is 0 Å². The average Bonchev–Trinajstić information content (AvgIpc) is 2.84. The molecule has 0 aliphatic carbocycles. The van der Waals surface area contributed by atoms with Gasteiger partial charge in [-0.2, -0.15) is 0 Å². The van der Waals surface area contributed by atoms with Crippen LogP contribution >= 0.6 is 0 Å². The minimum absolute atomic E-state index is 0.0562. The minimum atomic E-state index is -3.73.